The highest BCUT2D eigenvalue weighted by Crippen LogP contribution is 2.35. The van der Waals surface area contributed by atoms with Crippen LogP contribution in [0.5, 0.6) is 0 Å². The lowest BCUT2D eigenvalue weighted by atomic mass is 9.92. The minimum absolute atomic E-state index is 0.0442. The molecular formula is C26H30N4O3. The standard InChI is InChI=1S/C26H30N4O3/c1-18-5-4-12-29(16-18)24(31)20-9-13-28(14-10-20)22-8-2-7-21-23(22)26(33)30(25(21)32)17-19-6-3-11-27-15-19/h2-3,6-8,11,15,18,20H,4-5,9-10,12-14,16-17H2,1H3/t18-/m1/s1. The fourth-order valence-electron chi connectivity index (χ4n) is 5.41. The van der Waals surface area contributed by atoms with Crippen molar-refractivity contribution in [3.8, 4) is 0 Å². The summed E-state index contributed by atoms with van der Waals surface area (Å²) in [5.41, 5.74) is 2.57. The van der Waals surface area contributed by atoms with Gasteiger partial charge in [-0.05, 0) is 55.4 Å². The Labute approximate surface area is 194 Å². The van der Waals surface area contributed by atoms with E-state index in [1.807, 2.05) is 23.1 Å². The van der Waals surface area contributed by atoms with Crippen molar-refractivity contribution < 1.29 is 14.4 Å². The molecule has 3 aliphatic rings. The number of rotatable bonds is 4. The molecule has 0 bridgehead atoms. The summed E-state index contributed by atoms with van der Waals surface area (Å²) in [6.07, 6.45) is 7.18. The predicted octanol–water partition coefficient (Wildman–Crippen LogP) is 3.35. The molecule has 0 N–H and O–H groups in total. The van der Waals surface area contributed by atoms with Gasteiger partial charge in [-0.25, -0.2) is 0 Å². The van der Waals surface area contributed by atoms with Crippen LogP contribution in [0.2, 0.25) is 0 Å². The highest BCUT2D eigenvalue weighted by atomic mass is 16.2. The highest BCUT2D eigenvalue weighted by molar-refractivity contribution is 6.23. The topological polar surface area (TPSA) is 73.8 Å². The van der Waals surface area contributed by atoms with E-state index < -0.39 is 0 Å². The quantitative estimate of drug-likeness (QED) is 0.674. The molecule has 2 fully saturated rings. The summed E-state index contributed by atoms with van der Waals surface area (Å²) in [4.78, 5) is 48.9. The molecule has 33 heavy (non-hydrogen) atoms. The van der Waals surface area contributed by atoms with Crippen LogP contribution in [0.4, 0.5) is 5.69 Å². The van der Waals surface area contributed by atoms with Crippen molar-refractivity contribution in [1.29, 1.82) is 0 Å². The highest BCUT2D eigenvalue weighted by Gasteiger charge is 2.39. The van der Waals surface area contributed by atoms with Gasteiger partial charge in [-0.3, -0.25) is 24.3 Å². The number of piperidine rings is 2. The van der Waals surface area contributed by atoms with Crippen LogP contribution >= 0.6 is 0 Å². The van der Waals surface area contributed by atoms with Crippen molar-refractivity contribution in [1.82, 2.24) is 14.8 Å². The van der Waals surface area contributed by atoms with Crippen LogP contribution in [0.25, 0.3) is 0 Å². The Morgan fingerprint density at radius 1 is 1.03 bits per heavy atom. The molecule has 4 heterocycles. The van der Waals surface area contributed by atoms with Crippen LogP contribution in [0.1, 0.15) is 58.9 Å². The van der Waals surface area contributed by atoms with Crippen LogP contribution in [-0.2, 0) is 11.3 Å². The second-order valence-corrected chi connectivity index (χ2v) is 9.55. The zero-order valence-electron chi connectivity index (χ0n) is 19.1. The zero-order valence-corrected chi connectivity index (χ0v) is 19.1. The molecule has 5 rings (SSSR count). The van der Waals surface area contributed by atoms with E-state index >= 15 is 0 Å². The van der Waals surface area contributed by atoms with Gasteiger partial charge in [0.2, 0.25) is 5.91 Å². The molecule has 7 nitrogen and oxygen atoms in total. The number of likely N-dealkylation sites (tertiary alicyclic amines) is 1. The molecule has 0 unspecified atom stereocenters. The molecule has 3 aliphatic heterocycles. The van der Waals surface area contributed by atoms with Crippen LogP contribution < -0.4 is 4.90 Å². The molecule has 2 aromatic rings. The van der Waals surface area contributed by atoms with E-state index in [2.05, 4.69) is 16.8 Å². The number of hydrogen-bond acceptors (Lipinski definition) is 5. The first-order valence-electron chi connectivity index (χ1n) is 11.9. The molecule has 172 valence electrons. The van der Waals surface area contributed by atoms with E-state index in [0.29, 0.717) is 30.1 Å². The van der Waals surface area contributed by atoms with Gasteiger partial charge in [-0.1, -0.05) is 19.1 Å². The van der Waals surface area contributed by atoms with E-state index in [1.165, 1.54) is 11.3 Å². The molecule has 0 spiro atoms. The smallest absolute Gasteiger partial charge is 0.263 e. The van der Waals surface area contributed by atoms with Crippen molar-refractivity contribution in [2.24, 2.45) is 11.8 Å². The van der Waals surface area contributed by atoms with Crippen molar-refractivity contribution in [3.63, 3.8) is 0 Å². The number of hydrogen-bond donors (Lipinski definition) is 0. The van der Waals surface area contributed by atoms with Crippen molar-refractivity contribution in [2.75, 3.05) is 31.1 Å². The predicted molar refractivity (Wildman–Crippen MR) is 125 cm³/mol. The maximum atomic E-state index is 13.3. The average Bonchev–Trinajstić information content (AvgIpc) is 3.09. The Morgan fingerprint density at radius 3 is 2.58 bits per heavy atom. The number of pyridine rings is 1. The number of nitrogens with zero attached hydrogens (tertiary/aromatic N) is 4. The first-order chi connectivity index (χ1) is 16.0. The van der Waals surface area contributed by atoms with Gasteiger partial charge >= 0.3 is 0 Å². The Balaban J connectivity index is 1.29. The summed E-state index contributed by atoms with van der Waals surface area (Å²) in [6, 6.07) is 9.17. The fraction of sp³-hybridized carbons (Fsp3) is 0.462. The zero-order chi connectivity index (χ0) is 22.9. The van der Waals surface area contributed by atoms with E-state index in [1.54, 1.807) is 24.5 Å². The Hall–Kier alpha value is -3.22. The van der Waals surface area contributed by atoms with Gasteiger partial charge in [0, 0.05) is 44.5 Å². The molecule has 0 saturated carbocycles. The minimum Gasteiger partial charge on any atom is -0.371 e. The molecule has 7 heteroatoms. The monoisotopic (exact) mass is 446 g/mol. The van der Waals surface area contributed by atoms with Crippen molar-refractivity contribution >= 4 is 23.4 Å². The molecule has 2 saturated heterocycles. The summed E-state index contributed by atoms with van der Waals surface area (Å²) in [5.74, 6) is 0.393. The number of amides is 3. The maximum absolute atomic E-state index is 13.3. The van der Waals surface area contributed by atoms with Gasteiger partial charge in [0.25, 0.3) is 11.8 Å². The van der Waals surface area contributed by atoms with Gasteiger partial charge in [0.15, 0.2) is 0 Å². The van der Waals surface area contributed by atoms with Crippen LogP contribution in [0.3, 0.4) is 0 Å². The third-order valence-corrected chi connectivity index (χ3v) is 7.19. The number of carbonyl (C=O) groups is 3. The van der Waals surface area contributed by atoms with Gasteiger partial charge in [0.1, 0.15) is 0 Å². The third-order valence-electron chi connectivity index (χ3n) is 7.19. The van der Waals surface area contributed by atoms with E-state index in [0.717, 1.165) is 43.6 Å². The van der Waals surface area contributed by atoms with E-state index in [9.17, 15) is 14.4 Å². The summed E-state index contributed by atoms with van der Waals surface area (Å²) in [6.45, 7) is 5.59. The number of carbonyl (C=O) groups excluding carboxylic acids is 3. The largest absolute Gasteiger partial charge is 0.371 e. The Morgan fingerprint density at radius 2 is 1.85 bits per heavy atom. The number of imide groups is 1. The number of aromatic nitrogens is 1. The minimum atomic E-state index is -0.259. The van der Waals surface area contributed by atoms with Gasteiger partial charge in [-0.15, -0.1) is 0 Å². The second-order valence-electron chi connectivity index (χ2n) is 9.55. The number of benzene rings is 1. The van der Waals surface area contributed by atoms with Crippen molar-refractivity contribution in [3.05, 3.63) is 59.4 Å². The maximum Gasteiger partial charge on any atom is 0.263 e. The number of anilines is 1. The number of fused-ring (bicyclic) bond motifs is 1. The fourth-order valence-corrected chi connectivity index (χ4v) is 5.41. The first-order valence-corrected chi connectivity index (χ1v) is 11.9. The van der Waals surface area contributed by atoms with Gasteiger partial charge < -0.3 is 9.80 Å². The Kier molecular flexibility index (Phi) is 5.87. The van der Waals surface area contributed by atoms with Crippen LogP contribution in [0, 0.1) is 11.8 Å². The van der Waals surface area contributed by atoms with Crippen molar-refractivity contribution in [2.45, 2.75) is 39.2 Å². The normalized spacial score (nSPS) is 21.5. The molecule has 1 aromatic carbocycles. The Bertz CT molecular complexity index is 1060. The molecule has 0 radical (unpaired) electrons. The summed E-state index contributed by atoms with van der Waals surface area (Å²) >= 11 is 0. The lowest BCUT2D eigenvalue weighted by Crippen LogP contribution is -2.46. The first kappa shape index (κ1) is 21.6. The average molecular weight is 447 g/mol. The second kappa shape index (κ2) is 8.96. The molecule has 0 aliphatic carbocycles. The van der Waals surface area contributed by atoms with Crippen LogP contribution in [-0.4, -0.2) is 58.7 Å². The summed E-state index contributed by atoms with van der Waals surface area (Å²) in [5, 5.41) is 0. The SMILES string of the molecule is C[C@@H]1CCCN(C(=O)C2CCN(c3cccc4c3C(=O)N(Cc3cccnc3)C4=O)CC2)C1. The third kappa shape index (κ3) is 4.12. The molecule has 1 aromatic heterocycles. The van der Waals surface area contributed by atoms with Gasteiger partial charge in [0.05, 0.1) is 23.4 Å². The lowest BCUT2D eigenvalue weighted by Gasteiger charge is -2.38. The summed E-state index contributed by atoms with van der Waals surface area (Å²) in [7, 11) is 0. The van der Waals surface area contributed by atoms with E-state index in [4.69, 9.17) is 0 Å². The van der Waals surface area contributed by atoms with E-state index in [-0.39, 0.29) is 30.2 Å². The lowest BCUT2D eigenvalue weighted by molar-refractivity contribution is -0.137. The van der Waals surface area contributed by atoms with Crippen LogP contribution in [0.15, 0.2) is 42.7 Å². The molecular weight excluding hydrogens is 416 g/mol. The molecule has 1 atom stereocenters. The van der Waals surface area contributed by atoms with Gasteiger partial charge in [-0.2, -0.15) is 0 Å². The molecule has 3 amide bonds. The summed E-state index contributed by atoms with van der Waals surface area (Å²) < 4.78 is 0.